The third kappa shape index (κ3) is 6.68. The van der Waals surface area contributed by atoms with Gasteiger partial charge >= 0.3 is 6.99 Å². The smallest absolute Gasteiger partial charge is 0.352 e. The lowest BCUT2D eigenvalue weighted by Crippen LogP contribution is -2.13. The van der Waals surface area contributed by atoms with E-state index in [9.17, 15) is 8.71 Å². The average Bonchev–Trinajstić information content (AvgIpc) is 3.22. The van der Waals surface area contributed by atoms with E-state index in [-0.39, 0.29) is 18.2 Å². The van der Waals surface area contributed by atoms with Gasteiger partial charge in [-0.3, -0.25) is 0 Å². The molecule has 1 aliphatic heterocycles. The molecule has 0 amide bonds. The van der Waals surface area contributed by atoms with E-state index < -0.39 is 12.9 Å². The molecular formula is C14H20BF2NO4. The molecule has 1 aromatic rings. The van der Waals surface area contributed by atoms with Crippen LogP contribution in [0, 0.1) is 5.95 Å². The van der Waals surface area contributed by atoms with E-state index >= 15 is 0 Å². The Balaban J connectivity index is 1.33. The zero-order valence-corrected chi connectivity index (χ0v) is 12.4. The fourth-order valence-corrected chi connectivity index (χ4v) is 1.75. The minimum atomic E-state index is -0.670. The molecule has 0 aliphatic carbocycles. The first-order valence-corrected chi connectivity index (χ1v) is 7.38. The molecule has 5 nitrogen and oxygen atoms in total. The zero-order chi connectivity index (χ0) is 15.6. The lowest BCUT2D eigenvalue weighted by atomic mass is 9.96. The number of ether oxygens (including phenoxy) is 4. The summed E-state index contributed by atoms with van der Waals surface area (Å²) in [5.74, 6) is -0.422. The van der Waals surface area contributed by atoms with E-state index in [0.29, 0.717) is 46.0 Å². The standard InChI is InChI=1S/C14H20BF2NO4/c16-14-13(2-1-3-18-14)22-9-8-20-5-4-19-6-7-21-11-12-10-15(12)17/h1-3,12H,4-11H2/i16-1. The van der Waals surface area contributed by atoms with E-state index in [2.05, 4.69) is 4.98 Å². The Morgan fingerprint density at radius 2 is 1.73 bits per heavy atom. The summed E-state index contributed by atoms with van der Waals surface area (Å²) in [4.78, 5) is 3.48. The molecule has 22 heavy (non-hydrogen) atoms. The van der Waals surface area contributed by atoms with Crippen molar-refractivity contribution in [2.45, 2.75) is 12.1 Å². The highest BCUT2D eigenvalue weighted by Crippen LogP contribution is 2.37. The monoisotopic (exact) mass is 314 g/mol. The summed E-state index contributed by atoms with van der Waals surface area (Å²) in [6.07, 6.45) is 1.99. The van der Waals surface area contributed by atoms with Crippen molar-refractivity contribution in [2.75, 3.05) is 46.2 Å². The summed E-state index contributed by atoms with van der Waals surface area (Å²) in [7, 11) is 0. The second kappa shape index (κ2) is 9.71. The summed E-state index contributed by atoms with van der Waals surface area (Å²) in [5, 5.41) is 0. The predicted molar refractivity (Wildman–Crippen MR) is 77.6 cm³/mol. The van der Waals surface area contributed by atoms with E-state index in [1.807, 2.05) is 0 Å². The molecule has 1 aliphatic rings. The van der Waals surface area contributed by atoms with Crippen molar-refractivity contribution in [2.24, 2.45) is 0 Å². The van der Waals surface area contributed by atoms with Crippen LogP contribution in [-0.2, 0) is 14.2 Å². The average molecular weight is 314 g/mol. The predicted octanol–water partition coefficient (Wildman–Crippen LogP) is 1.99. The number of rotatable bonds is 12. The van der Waals surface area contributed by atoms with E-state index in [1.165, 1.54) is 12.3 Å². The van der Waals surface area contributed by atoms with Crippen LogP contribution < -0.4 is 4.74 Å². The molecule has 1 unspecified atom stereocenters. The van der Waals surface area contributed by atoms with E-state index in [1.54, 1.807) is 6.07 Å². The summed E-state index contributed by atoms with van der Waals surface area (Å²) in [6.45, 7) is 2.19. The molecule has 0 radical (unpaired) electrons. The lowest BCUT2D eigenvalue weighted by molar-refractivity contribution is 0.00995. The Bertz CT molecular complexity index is 441. The third-order valence-electron chi connectivity index (χ3n) is 3.12. The molecule has 8 heteroatoms. The molecule has 0 N–H and O–H groups in total. The Morgan fingerprint density at radius 3 is 2.36 bits per heavy atom. The fraction of sp³-hybridized carbons (Fsp3) is 0.643. The number of nitrogens with zero attached hydrogens (tertiary/aromatic N) is 1. The van der Waals surface area contributed by atoms with Crippen LogP contribution in [0.5, 0.6) is 5.75 Å². The van der Waals surface area contributed by atoms with E-state index in [0.717, 1.165) is 0 Å². The Labute approximate surface area is 129 Å². The molecule has 1 atom stereocenters. The topological polar surface area (TPSA) is 49.8 Å². The van der Waals surface area contributed by atoms with Gasteiger partial charge in [0.1, 0.15) is 6.61 Å². The molecular weight excluding hydrogens is 294 g/mol. The molecule has 1 fully saturated rings. The molecule has 2 heterocycles. The molecule has 0 saturated carbocycles. The minimum Gasteiger partial charge on any atom is -0.486 e. The molecule has 2 rings (SSSR count). The second-order valence-electron chi connectivity index (χ2n) is 4.95. The maximum Gasteiger partial charge on any atom is 0.352 e. The van der Waals surface area contributed by atoms with Crippen molar-refractivity contribution in [3.63, 3.8) is 0 Å². The number of halogens is 2. The van der Waals surface area contributed by atoms with Crippen molar-refractivity contribution in [3.05, 3.63) is 24.3 Å². The largest absolute Gasteiger partial charge is 0.486 e. The van der Waals surface area contributed by atoms with Crippen LogP contribution in [0.15, 0.2) is 18.3 Å². The molecule has 0 spiro atoms. The first-order valence-electron chi connectivity index (χ1n) is 7.38. The maximum absolute atomic E-state index is 13.1. The van der Waals surface area contributed by atoms with Crippen molar-refractivity contribution in [1.29, 1.82) is 0 Å². The SMILES string of the molecule is FB1CC1COCCOCCOCCOc1cccnc1[18F]. The molecule has 1 aromatic heterocycles. The highest BCUT2D eigenvalue weighted by molar-refractivity contribution is 6.65. The Morgan fingerprint density at radius 1 is 1.09 bits per heavy atom. The Kier molecular flexibility index (Phi) is 7.55. The first kappa shape index (κ1) is 17.1. The van der Waals surface area contributed by atoms with Crippen LogP contribution >= 0.6 is 0 Å². The van der Waals surface area contributed by atoms with Gasteiger partial charge in [0.15, 0.2) is 5.75 Å². The van der Waals surface area contributed by atoms with Crippen molar-refractivity contribution >= 4 is 6.99 Å². The van der Waals surface area contributed by atoms with Crippen molar-refractivity contribution in [1.82, 2.24) is 4.98 Å². The third-order valence-corrected chi connectivity index (χ3v) is 3.12. The van der Waals surface area contributed by atoms with Crippen LogP contribution in [0.25, 0.3) is 0 Å². The molecule has 0 aromatic carbocycles. The number of pyridine rings is 1. The van der Waals surface area contributed by atoms with Gasteiger partial charge < -0.3 is 23.3 Å². The van der Waals surface area contributed by atoms with Crippen molar-refractivity contribution < 1.29 is 27.7 Å². The zero-order valence-electron chi connectivity index (χ0n) is 12.4. The van der Waals surface area contributed by atoms with E-state index in [4.69, 9.17) is 18.9 Å². The summed E-state index contributed by atoms with van der Waals surface area (Å²) in [5.41, 5.74) is 0. The molecule has 0 bridgehead atoms. The van der Waals surface area contributed by atoms with Gasteiger partial charge in [-0.2, -0.15) is 4.39 Å². The number of hydrogen-bond acceptors (Lipinski definition) is 5. The van der Waals surface area contributed by atoms with Gasteiger partial charge in [0, 0.05) is 12.8 Å². The summed E-state index contributed by atoms with van der Waals surface area (Å²) < 4.78 is 46.7. The van der Waals surface area contributed by atoms with Gasteiger partial charge in [-0.15, -0.1) is 0 Å². The van der Waals surface area contributed by atoms with Gasteiger partial charge in [0.05, 0.1) is 33.0 Å². The van der Waals surface area contributed by atoms with Gasteiger partial charge in [0.2, 0.25) is 0 Å². The summed E-state index contributed by atoms with van der Waals surface area (Å²) >= 11 is 0. The lowest BCUT2D eigenvalue weighted by Gasteiger charge is -2.08. The van der Waals surface area contributed by atoms with Crippen LogP contribution in [0.1, 0.15) is 0 Å². The fourth-order valence-electron chi connectivity index (χ4n) is 1.75. The quantitative estimate of drug-likeness (QED) is 0.335. The highest BCUT2D eigenvalue weighted by atomic mass is 19.1. The number of aromatic nitrogens is 1. The minimum absolute atomic E-state index is 0.0907. The Hall–Kier alpha value is -1.25. The van der Waals surface area contributed by atoms with Crippen LogP contribution in [-0.4, -0.2) is 58.2 Å². The molecule has 1 saturated heterocycles. The second-order valence-corrected chi connectivity index (χ2v) is 4.95. The van der Waals surface area contributed by atoms with Crippen molar-refractivity contribution in [3.8, 4) is 5.75 Å². The van der Waals surface area contributed by atoms with Crippen LogP contribution in [0.4, 0.5) is 8.71 Å². The number of hydrogen-bond donors (Lipinski definition) is 0. The first-order chi connectivity index (χ1) is 10.8. The van der Waals surface area contributed by atoms with Gasteiger partial charge in [0.25, 0.3) is 5.95 Å². The summed E-state index contributed by atoms with van der Waals surface area (Å²) in [6, 6.07) is 3.12. The normalized spacial score (nSPS) is 16.8. The van der Waals surface area contributed by atoms with Crippen LogP contribution in [0.3, 0.4) is 0 Å². The van der Waals surface area contributed by atoms with Crippen LogP contribution in [0.2, 0.25) is 12.1 Å². The van der Waals surface area contributed by atoms with Gasteiger partial charge in [-0.25, -0.2) is 4.98 Å². The highest BCUT2D eigenvalue weighted by Gasteiger charge is 2.43. The van der Waals surface area contributed by atoms with Gasteiger partial charge in [-0.05, 0) is 24.3 Å². The molecule has 122 valence electrons. The van der Waals surface area contributed by atoms with Gasteiger partial charge in [-0.1, -0.05) is 0 Å². The maximum atomic E-state index is 13.1.